The van der Waals surface area contributed by atoms with Gasteiger partial charge in [-0.3, -0.25) is 4.79 Å². The Morgan fingerprint density at radius 3 is 2.75 bits per heavy atom. The third-order valence-electron chi connectivity index (χ3n) is 2.93. The summed E-state index contributed by atoms with van der Waals surface area (Å²) in [6, 6.07) is 0.958. The van der Waals surface area contributed by atoms with Crippen molar-refractivity contribution >= 4 is 17.2 Å². The van der Waals surface area contributed by atoms with Crippen molar-refractivity contribution in [1.29, 1.82) is 0 Å². The fourth-order valence-corrected chi connectivity index (χ4v) is 2.62. The zero-order valence-electron chi connectivity index (χ0n) is 9.00. The van der Waals surface area contributed by atoms with Crippen molar-refractivity contribution in [3.05, 3.63) is 22.4 Å². The van der Waals surface area contributed by atoms with Crippen LogP contribution in [0.25, 0.3) is 0 Å². The maximum absolute atomic E-state index is 11.9. The highest BCUT2D eigenvalue weighted by Crippen LogP contribution is 2.20. The van der Waals surface area contributed by atoms with Gasteiger partial charge in [-0.25, -0.2) is 0 Å². The summed E-state index contributed by atoms with van der Waals surface area (Å²) in [5, 5.41) is 13.6. The number of hydrogen-bond acceptors (Lipinski definition) is 4. The van der Waals surface area contributed by atoms with Gasteiger partial charge < -0.3 is 15.7 Å². The molecule has 2 atom stereocenters. The highest BCUT2D eigenvalue weighted by Gasteiger charge is 2.29. The molecule has 3 N–H and O–H groups in total. The van der Waals surface area contributed by atoms with Crippen molar-refractivity contribution in [3.8, 4) is 0 Å². The summed E-state index contributed by atoms with van der Waals surface area (Å²) in [7, 11) is 0. The van der Waals surface area contributed by atoms with Gasteiger partial charge in [0.15, 0.2) is 0 Å². The maximum atomic E-state index is 11.9. The molecule has 2 rings (SSSR count). The summed E-state index contributed by atoms with van der Waals surface area (Å²) in [5.74, 6) is -0.142. The molecule has 1 aliphatic heterocycles. The van der Waals surface area contributed by atoms with Crippen molar-refractivity contribution < 1.29 is 9.90 Å². The summed E-state index contributed by atoms with van der Waals surface area (Å²) in [6.45, 7) is 1.53. The molecular weight excluding hydrogens is 224 g/mol. The monoisotopic (exact) mass is 240 g/mol. The first kappa shape index (κ1) is 11.6. The second-order valence-electron chi connectivity index (χ2n) is 4.06. The quantitative estimate of drug-likeness (QED) is 0.818. The summed E-state index contributed by atoms with van der Waals surface area (Å²) in [6.07, 6.45) is 1.18. The highest BCUT2D eigenvalue weighted by molar-refractivity contribution is 7.07. The second kappa shape index (κ2) is 4.95. The maximum Gasteiger partial charge on any atom is 0.242 e. The van der Waals surface area contributed by atoms with Crippen LogP contribution in [0.1, 0.15) is 24.5 Å². The second-order valence-corrected chi connectivity index (χ2v) is 4.84. The lowest BCUT2D eigenvalue weighted by molar-refractivity contribution is -0.134. The van der Waals surface area contributed by atoms with Crippen LogP contribution >= 0.6 is 11.3 Å². The minimum Gasteiger partial charge on any atom is -0.386 e. The number of rotatable bonds is 3. The topological polar surface area (TPSA) is 66.6 Å². The number of hydrogen-bond donors (Lipinski definition) is 2. The van der Waals surface area contributed by atoms with E-state index in [1.54, 1.807) is 11.0 Å². The molecule has 0 aliphatic carbocycles. The molecule has 1 aliphatic rings. The molecule has 16 heavy (non-hydrogen) atoms. The van der Waals surface area contributed by atoms with Gasteiger partial charge in [0.2, 0.25) is 5.91 Å². The van der Waals surface area contributed by atoms with Crippen LogP contribution in [0.4, 0.5) is 0 Å². The first-order valence-electron chi connectivity index (χ1n) is 5.44. The van der Waals surface area contributed by atoms with Crippen LogP contribution in [-0.2, 0) is 4.79 Å². The molecular formula is C11H16N2O2S. The van der Waals surface area contributed by atoms with Crippen LogP contribution in [0.2, 0.25) is 0 Å². The van der Waals surface area contributed by atoms with E-state index in [9.17, 15) is 9.90 Å². The Hall–Kier alpha value is -0.910. The fourth-order valence-electron chi connectivity index (χ4n) is 1.93. The van der Waals surface area contributed by atoms with Crippen molar-refractivity contribution in [2.45, 2.75) is 25.0 Å². The van der Waals surface area contributed by atoms with Gasteiger partial charge in [-0.1, -0.05) is 0 Å². The van der Waals surface area contributed by atoms with E-state index in [2.05, 4.69) is 0 Å². The number of aliphatic hydroxyl groups excluding tert-OH is 1. The third-order valence-corrected chi connectivity index (χ3v) is 3.63. The number of carbonyl (C=O) groups excluding carboxylic acids is 1. The number of nitrogens with two attached hydrogens (primary N) is 1. The molecule has 1 fully saturated rings. The molecule has 1 aromatic rings. The number of aliphatic hydroxyl groups is 1. The van der Waals surface area contributed by atoms with Gasteiger partial charge in [-0.2, -0.15) is 11.3 Å². The molecule has 0 radical (unpaired) electrons. The Morgan fingerprint density at radius 1 is 1.50 bits per heavy atom. The first-order valence-corrected chi connectivity index (χ1v) is 6.39. The van der Waals surface area contributed by atoms with Crippen molar-refractivity contribution in [2.75, 3.05) is 13.1 Å². The van der Waals surface area contributed by atoms with E-state index < -0.39 is 12.1 Å². The van der Waals surface area contributed by atoms with E-state index in [1.807, 2.05) is 10.8 Å². The Balaban J connectivity index is 2.01. The molecule has 1 aromatic heterocycles. The van der Waals surface area contributed by atoms with E-state index in [0.717, 1.165) is 31.5 Å². The van der Waals surface area contributed by atoms with Gasteiger partial charge in [0, 0.05) is 13.1 Å². The van der Waals surface area contributed by atoms with Crippen LogP contribution in [-0.4, -0.2) is 35.0 Å². The zero-order valence-corrected chi connectivity index (χ0v) is 9.82. The summed E-state index contributed by atoms with van der Waals surface area (Å²) < 4.78 is 0. The SMILES string of the molecule is N[C@H](C(=O)N1CCCC1)[C@@H](O)c1ccsc1. The molecule has 0 spiro atoms. The van der Waals surface area contributed by atoms with Crippen LogP contribution in [0.5, 0.6) is 0 Å². The smallest absolute Gasteiger partial charge is 0.242 e. The average Bonchev–Trinajstić information content (AvgIpc) is 2.97. The highest BCUT2D eigenvalue weighted by atomic mass is 32.1. The number of likely N-dealkylation sites (tertiary alicyclic amines) is 1. The van der Waals surface area contributed by atoms with Gasteiger partial charge in [0.05, 0.1) is 0 Å². The molecule has 2 heterocycles. The summed E-state index contributed by atoms with van der Waals surface area (Å²) in [4.78, 5) is 13.7. The summed E-state index contributed by atoms with van der Waals surface area (Å²) in [5.41, 5.74) is 6.52. The predicted molar refractivity (Wildman–Crippen MR) is 63.1 cm³/mol. The number of amides is 1. The lowest BCUT2D eigenvalue weighted by Crippen LogP contribution is -2.45. The van der Waals surface area contributed by atoms with Gasteiger partial charge in [-0.15, -0.1) is 0 Å². The molecule has 1 amide bonds. The molecule has 0 bridgehead atoms. The Kier molecular flexibility index (Phi) is 3.58. The van der Waals surface area contributed by atoms with Crippen LogP contribution in [0, 0.1) is 0 Å². The van der Waals surface area contributed by atoms with E-state index in [4.69, 9.17) is 5.73 Å². The van der Waals surface area contributed by atoms with E-state index in [0.29, 0.717) is 0 Å². The minimum atomic E-state index is -0.889. The normalized spacial score (nSPS) is 19.8. The standard InChI is InChI=1S/C11H16N2O2S/c12-9(10(14)8-3-6-16-7-8)11(15)13-4-1-2-5-13/h3,6-7,9-10,14H,1-2,4-5,12H2/t9-,10-/m0/s1. The van der Waals surface area contributed by atoms with E-state index in [1.165, 1.54) is 11.3 Å². The Bertz CT molecular complexity index is 347. The van der Waals surface area contributed by atoms with Gasteiger partial charge >= 0.3 is 0 Å². The van der Waals surface area contributed by atoms with E-state index in [-0.39, 0.29) is 5.91 Å². The van der Waals surface area contributed by atoms with Crippen molar-refractivity contribution in [3.63, 3.8) is 0 Å². The largest absolute Gasteiger partial charge is 0.386 e. The van der Waals surface area contributed by atoms with Crippen molar-refractivity contribution in [2.24, 2.45) is 5.73 Å². The average molecular weight is 240 g/mol. The van der Waals surface area contributed by atoms with Crippen LogP contribution in [0.3, 0.4) is 0 Å². The molecule has 0 saturated carbocycles. The molecule has 5 heteroatoms. The van der Waals surface area contributed by atoms with Crippen LogP contribution in [0.15, 0.2) is 16.8 Å². The van der Waals surface area contributed by atoms with Gasteiger partial charge in [0.25, 0.3) is 0 Å². The predicted octanol–water partition coefficient (Wildman–Crippen LogP) is 0.731. The van der Waals surface area contributed by atoms with Crippen LogP contribution < -0.4 is 5.73 Å². The lowest BCUT2D eigenvalue weighted by Gasteiger charge is -2.23. The molecule has 0 unspecified atom stereocenters. The van der Waals surface area contributed by atoms with Gasteiger partial charge in [0.1, 0.15) is 12.1 Å². The summed E-state index contributed by atoms with van der Waals surface area (Å²) >= 11 is 1.49. The number of nitrogens with zero attached hydrogens (tertiary/aromatic N) is 1. The lowest BCUT2D eigenvalue weighted by atomic mass is 10.1. The molecule has 0 aromatic carbocycles. The zero-order chi connectivity index (χ0) is 11.5. The fraction of sp³-hybridized carbons (Fsp3) is 0.545. The van der Waals surface area contributed by atoms with Gasteiger partial charge in [-0.05, 0) is 35.2 Å². The first-order chi connectivity index (χ1) is 7.70. The number of thiophene rings is 1. The third kappa shape index (κ3) is 2.26. The Morgan fingerprint density at radius 2 is 2.19 bits per heavy atom. The minimum absolute atomic E-state index is 0.142. The molecule has 88 valence electrons. The van der Waals surface area contributed by atoms with Crippen molar-refractivity contribution in [1.82, 2.24) is 4.90 Å². The van der Waals surface area contributed by atoms with E-state index >= 15 is 0 Å². The number of carbonyl (C=O) groups is 1. The molecule has 4 nitrogen and oxygen atoms in total. The molecule has 1 saturated heterocycles. The Labute approximate surface area is 98.7 Å².